The Kier molecular flexibility index (Phi) is 13.7. The number of aliphatic imine (C=N–C) groups is 1. The standard InChI is InChI=1S/C41H56N3O2/c1-6-7-8-9-10-11-12-13-14-15-16-19-27-46-39-25-24-35(29-38(39)41(3,4)5)32-44(33(2)45)36-23-20-21-34(28-36)30-40-42-31-37-22-17-18-26-43(37)40/h17-18,20-26,28-29H,6-16,19,27,30,32H2,1-5H3/q+1. The van der Waals surface area contributed by atoms with Crippen molar-refractivity contribution in [3.05, 3.63) is 95.5 Å². The molecule has 2 aromatic carbocycles. The number of anilines is 1. The van der Waals surface area contributed by atoms with E-state index in [1.807, 2.05) is 41.5 Å². The first-order valence-electron chi connectivity index (χ1n) is 17.7. The largest absolute Gasteiger partial charge is 0.493 e. The highest BCUT2D eigenvalue weighted by atomic mass is 16.5. The van der Waals surface area contributed by atoms with Gasteiger partial charge in [0.15, 0.2) is 6.20 Å². The molecule has 0 saturated heterocycles. The van der Waals surface area contributed by atoms with E-state index in [9.17, 15) is 4.79 Å². The van der Waals surface area contributed by atoms with Gasteiger partial charge in [0.05, 0.1) is 25.6 Å². The van der Waals surface area contributed by atoms with Crippen LogP contribution in [0.2, 0.25) is 0 Å². The van der Waals surface area contributed by atoms with Gasteiger partial charge in [-0.15, -0.1) is 0 Å². The maximum atomic E-state index is 12.9. The van der Waals surface area contributed by atoms with Crippen LogP contribution in [0, 0.1) is 6.20 Å². The van der Waals surface area contributed by atoms with Gasteiger partial charge in [0.1, 0.15) is 5.75 Å². The van der Waals surface area contributed by atoms with E-state index in [0.29, 0.717) is 13.0 Å². The van der Waals surface area contributed by atoms with Crippen LogP contribution < -0.4 is 9.64 Å². The number of carbonyl (C=O) groups is 1. The number of hydrogen-bond acceptors (Lipinski definition) is 4. The van der Waals surface area contributed by atoms with Crippen molar-refractivity contribution >= 4 is 17.4 Å². The fraction of sp³-hybridized carbons (Fsp3) is 0.512. The Morgan fingerprint density at radius 3 is 2.24 bits per heavy atom. The zero-order valence-corrected chi connectivity index (χ0v) is 29.1. The Morgan fingerprint density at radius 1 is 0.870 bits per heavy atom. The molecule has 5 nitrogen and oxygen atoms in total. The summed E-state index contributed by atoms with van der Waals surface area (Å²) in [5, 5.41) is 0. The number of ether oxygens (including phenoxy) is 1. The van der Waals surface area contributed by atoms with Gasteiger partial charge in [0.2, 0.25) is 17.4 Å². The number of amidine groups is 1. The highest BCUT2D eigenvalue weighted by molar-refractivity contribution is 5.92. The van der Waals surface area contributed by atoms with E-state index >= 15 is 0 Å². The summed E-state index contributed by atoms with van der Waals surface area (Å²) < 4.78 is 6.35. The van der Waals surface area contributed by atoms with E-state index < -0.39 is 0 Å². The highest BCUT2D eigenvalue weighted by Gasteiger charge is 2.29. The predicted molar refractivity (Wildman–Crippen MR) is 193 cm³/mol. The molecule has 246 valence electrons. The number of hydrogen-bond donors (Lipinski definition) is 0. The molecular formula is C41H56N3O2+. The van der Waals surface area contributed by atoms with Gasteiger partial charge in [0.25, 0.3) is 0 Å². The third-order valence-corrected chi connectivity index (χ3v) is 8.85. The predicted octanol–water partition coefficient (Wildman–Crippen LogP) is 10.6. The van der Waals surface area contributed by atoms with Gasteiger partial charge >= 0.3 is 0 Å². The molecule has 2 aliphatic rings. The van der Waals surface area contributed by atoms with Crippen molar-refractivity contribution in [1.29, 1.82) is 0 Å². The molecule has 46 heavy (non-hydrogen) atoms. The summed E-state index contributed by atoms with van der Waals surface area (Å²) in [5.74, 6) is 1.90. The van der Waals surface area contributed by atoms with Crippen molar-refractivity contribution in [2.24, 2.45) is 4.99 Å². The molecule has 0 fully saturated rings. The van der Waals surface area contributed by atoms with Crippen molar-refractivity contribution in [1.82, 2.24) is 4.90 Å². The molecule has 5 heteroatoms. The quantitative estimate of drug-likeness (QED) is 0.116. The molecule has 0 atom stereocenters. The zero-order valence-electron chi connectivity index (χ0n) is 29.1. The molecule has 2 aliphatic heterocycles. The van der Waals surface area contributed by atoms with Crippen molar-refractivity contribution in [3.63, 3.8) is 0 Å². The lowest BCUT2D eigenvalue weighted by molar-refractivity contribution is -0.116. The summed E-state index contributed by atoms with van der Waals surface area (Å²) in [6.45, 7) is 11.9. The van der Waals surface area contributed by atoms with Crippen molar-refractivity contribution < 1.29 is 9.53 Å². The SMILES string of the molecule is CCCCCCCCCCCCCCOc1ccc(CN(C(C)=O)c2cccc(CC3=N[C+]=C4C=CC=CN43)c2)cc1C(C)(C)C. The van der Waals surface area contributed by atoms with E-state index in [-0.39, 0.29) is 11.3 Å². The van der Waals surface area contributed by atoms with Crippen LogP contribution >= 0.6 is 0 Å². The molecule has 0 aliphatic carbocycles. The van der Waals surface area contributed by atoms with Crippen LogP contribution in [0.25, 0.3) is 0 Å². The summed E-state index contributed by atoms with van der Waals surface area (Å²) in [5.41, 5.74) is 5.15. The molecule has 0 bridgehead atoms. The second kappa shape index (κ2) is 17.9. The lowest BCUT2D eigenvalue weighted by Gasteiger charge is -2.26. The lowest BCUT2D eigenvalue weighted by atomic mass is 9.85. The molecule has 0 saturated carbocycles. The third-order valence-electron chi connectivity index (χ3n) is 8.85. The van der Waals surface area contributed by atoms with Gasteiger partial charge in [-0.1, -0.05) is 122 Å². The first kappa shape index (κ1) is 35.2. The number of fused-ring (bicyclic) bond motifs is 1. The highest BCUT2D eigenvalue weighted by Crippen LogP contribution is 2.33. The van der Waals surface area contributed by atoms with Crippen LogP contribution in [0.1, 0.15) is 128 Å². The van der Waals surface area contributed by atoms with Gasteiger partial charge in [-0.2, -0.15) is 0 Å². The summed E-state index contributed by atoms with van der Waals surface area (Å²) in [4.78, 5) is 21.4. The Balaban J connectivity index is 1.29. The van der Waals surface area contributed by atoms with Gasteiger partial charge < -0.3 is 9.64 Å². The molecule has 2 aromatic rings. The number of benzene rings is 2. The number of amides is 1. The normalized spacial score (nSPS) is 13.7. The van der Waals surface area contributed by atoms with Crippen LogP contribution in [0.4, 0.5) is 5.69 Å². The second-order valence-electron chi connectivity index (χ2n) is 13.9. The van der Waals surface area contributed by atoms with E-state index in [2.05, 4.69) is 74.1 Å². The topological polar surface area (TPSA) is 45.1 Å². The van der Waals surface area contributed by atoms with Crippen LogP contribution in [-0.2, 0) is 23.2 Å². The maximum Gasteiger partial charge on any atom is 0.247 e. The average molecular weight is 623 g/mol. The number of nitrogens with zero attached hydrogens (tertiary/aromatic N) is 3. The maximum absolute atomic E-state index is 12.9. The van der Waals surface area contributed by atoms with E-state index in [0.717, 1.165) is 47.1 Å². The average Bonchev–Trinajstić information content (AvgIpc) is 3.44. The fourth-order valence-corrected chi connectivity index (χ4v) is 6.16. The van der Waals surface area contributed by atoms with Crippen molar-refractivity contribution in [2.75, 3.05) is 11.5 Å². The summed E-state index contributed by atoms with van der Waals surface area (Å²) in [6.07, 6.45) is 27.8. The molecule has 1 amide bonds. The minimum Gasteiger partial charge on any atom is -0.493 e. The molecule has 0 aromatic heterocycles. The Morgan fingerprint density at radius 2 is 1.57 bits per heavy atom. The van der Waals surface area contributed by atoms with Gasteiger partial charge in [0, 0.05) is 18.8 Å². The molecule has 0 unspecified atom stereocenters. The minimum atomic E-state index is -0.0765. The van der Waals surface area contributed by atoms with E-state index in [1.54, 1.807) is 6.92 Å². The van der Waals surface area contributed by atoms with Crippen LogP contribution in [0.5, 0.6) is 5.75 Å². The Hall–Kier alpha value is -3.69. The lowest BCUT2D eigenvalue weighted by Crippen LogP contribution is -2.28. The smallest absolute Gasteiger partial charge is 0.247 e. The number of allylic oxidation sites excluding steroid dienone is 3. The Labute approximate surface area is 279 Å². The van der Waals surface area contributed by atoms with Crippen molar-refractivity contribution in [2.45, 2.75) is 130 Å². The van der Waals surface area contributed by atoms with Gasteiger partial charge in [-0.3, -0.25) is 4.79 Å². The molecule has 0 radical (unpaired) electrons. The minimum absolute atomic E-state index is 0.0151. The first-order chi connectivity index (χ1) is 22.3. The fourth-order valence-electron chi connectivity index (χ4n) is 6.16. The van der Waals surface area contributed by atoms with Crippen LogP contribution in [0.3, 0.4) is 0 Å². The molecular weight excluding hydrogens is 566 g/mol. The van der Waals surface area contributed by atoms with E-state index in [1.165, 1.54) is 76.2 Å². The molecule has 0 spiro atoms. The van der Waals surface area contributed by atoms with Crippen LogP contribution in [0.15, 0.2) is 77.6 Å². The van der Waals surface area contributed by atoms with Crippen LogP contribution in [-0.4, -0.2) is 23.2 Å². The number of rotatable bonds is 19. The van der Waals surface area contributed by atoms with Crippen molar-refractivity contribution in [3.8, 4) is 5.75 Å². The monoisotopic (exact) mass is 622 g/mol. The number of carbonyl (C=O) groups excluding carboxylic acids is 1. The molecule has 0 N–H and O–H groups in total. The zero-order chi connectivity index (χ0) is 32.8. The summed E-state index contributed by atoms with van der Waals surface area (Å²) in [6, 6.07) is 14.7. The second-order valence-corrected chi connectivity index (χ2v) is 13.9. The van der Waals surface area contributed by atoms with Gasteiger partial charge in [-0.25, -0.2) is 4.90 Å². The number of unbranched alkanes of at least 4 members (excludes halogenated alkanes) is 11. The summed E-state index contributed by atoms with van der Waals surface area (Å²) >= 11 is 0. The molecule has 4 rings (SSSR count). The van der Waals surface area contributed by atoms with E-state index in [4.69, 9.17) is 4.74 Å². The molecule has 2 heterocycles. The Bertz CT molecular complexity index is 1390. The summed E-state index contributed by atoms with van der Waals surface area (Å²) in [7, 11) is 0. The van der Waals surface area contributed by atoms with Gasteiger partial charge in [-0.05, 0) is 64.9 Å². The third kappa shape index (κ3) is 10.7. The first-order valence-corrected chi connectivity index (χ1v) is 17.7.